The summed E-state index contributed by atoms with van der Waals surface area (Å²) in [7, 11) is 0. The van der Waals surface area contributed by atoms with Crippen LogP contribution in [-0.2, 0) is 28.7 Å². The monoisotopic (exact) mass is 751 g/mol. The Morgan fingerprint density at radius 1 is 0.709 bits per heavy atom. The molecule has 55 heavy (non-hydrogen) atoms. The van der Waals surface area contributed by atoms with Crippen LogP contribution in [0, 0.1) is 23.7 Å². The molecule has 4 N–H and O–H groups in total. The molecule has 0 unspecified atom stereocenters. The van der Waals surface area contributed by atoms with E-state index in [0.717, 1.165) is 54.5 Å². The van der Waals surface area contributed by atoms with Crippen molar-refractivity contribution >= 4 is 35.2 Å². The number of rotatable bonds is 13. The highest BCUT2D eigenvalue weighted by molar-refractivity contribution is 5.99. The molecule has 3 aromatic rings. The first kappa shape index (κ1) is 38.2. The number of H-pyrrole nitrogens is 1. The number of aromatic amines is 1. The van der Waals surface area contributed by atoms with Gasteiger partial charge in [0.25, 0.3) is 0 Å². The molecule has 1 aromatic heterocycles. The van der Waals surface area contributed by atoms with Crippen molar-refractivity contribution in [1.82, 2.24) is 30.4 Å². The Hall–Kier alpha value is -5.04. The van der Waals surface area contributed by atoms with Crippen molar-refractivity contribution in [3.05, 3.63) is 60.6 Å². The van der Waals surface area contributed by atoms with Crippen molar-refractivity contribution in [2.45, 2.75) is 90.4 Å². The number of benzene rings is 2. The normalized spacial score (nSPS) is 21.0. The number of nitrogens with zero attached hydrogens (tertiary/aromatic N) is 3. The Labute approximate surface area is 322 Å². The number of anilines is 1. The number of carbonyl (C=O) groups excluding carboxylic acids is 5. The average Bonchev–Trinajstić information content (AvgIpc) is 4.12. The highest BCUT2D eigenvalue weighted by atomic mass is 16.5. The third-order valence-corrected chi connectivity index (χ3v) is 11.2. The van der Waals surface area contributed by atoms with Crippen LogP contribution in [0.2, 0.25) is 0 Å². The second kappa shape index (κ2) is 16.4. The number of morpholine rings is 1. The molecule has 4 aliphatic rings. The zero-order valence-corrected chi connectivity index (χ0v) is 32.2. The van der Waals surface area contributed by atoms with Crippen LogP contribution in [0.4, 0.5) is 5.69 Å². The van der Waals surface area contributed by atoms with Crippen LogP contribution in [0.25, 0.3) is 22.4 Å². The van der Waals surface area contributed by atoms with E-state index in [4.69, 9.17) is 4.74 Å². The van der Waals surface area contributed by atoms with E-state index in [9.17, 15) is 24.0 Å². The Morgan fingerprint density at radius 3 is 1.82 bits per heavy atom. The minimum atomic E-state index is -0.648. The molecule has 4 fully saturated rings. The average molecular weight is 752 g/mol. The summed E-state index contributed by atoms with van der Waals surface area (Å²) in [6.45, 7) is 9.36. The summed E-state index contributed by atoms with van der Waals surface area (Å²) >= 11 is 0. The van der Waals surface area contributed by atoms with Gasteiger partial charge in [0.05, 0.1) is 25.1 Å². The summed E-state index contributed by atoms with van der Waals surface area (Å²) in [4.78, 5) is 77.3. The fourth-order valence-electron chi connectivity index (χ4n) is 7.48. The molecule has 7 rings (SSSR count). The highest BCUT2D eigenvalue weighted by Crippen LogP contribution is 2.32. The molecular formula is C42H53N7O6. The van der Waals surface area contributed by atoms with Gasteiger partial charge in [-0.15, -0.1) is 0 Å². The van der Waals surface area contributed by atoms with Crippen LogP contribution >= 0.6 is 0 Å². The molecule has 2 saturated carbocycles. The predicted molar refractivity (Wildman–Crippen MR) is 207 cm³/mol. The number of amides is 5. The van der Waals surface area contributed by atoms with Gasteiger partial charge in [-0.05, 0) is 79.2 Å². The number of imidazole rings is 1. The summed E-state index contributed by atoms with van der Waals surface area (Å²) in [5.41, 5.74) is 4.35. The molecule has 2 aliphatic carbocycles. The number of aromatic nitrogens is 2. The number of hydrogen-bond donors (Lipinski definition) is 4. The number of likely N-dealkylation sites (tertiary alicyclic amines) is 1. The quantitative estimate of drug-likeness (QED) is 0.197. The van der Waals surface area contributed by atoms with Crippen molar-refractivity contribution in [3.8, 4) is 22.4 Å². The Balaban J connectivity index is 0.967. The van der Waals surface area contributed by atoms with Crippen LogP contribution < -0.4 is 16.0 Å². The van der Waals surface area contributed by atoms with E-state index in [1.165, 1.54) is 0 Å². The maximum atomic E-state index is 13.8. The fourth-order valence-corrected chi connectivity index (χ4v) is 7.48. The van der Waals surface area contributed by atoms with E-state index in [2.05, 4.69) is 25.9 Å². The molecule has 13 nitrogen and oxygen atoms in total. The number of hydrogen-bond acceptors (Lipinski definition) is 7. The van der Waals surface area contributed by atoms with Crippen LogP contribution in [-0.4, -0.2) is 93.7 Å². The molecule has 3 heterocycles. The standard InChI is InChI=1S/C42H53N7O6/c1-24(2)35(46-38(50)29-11-12-29)41(53)48-19-5-6-33(48)40(52)44-31-17-15-27(16-18-31)26-7-9-28(10-8-26)32-22-43-37(45-32)34-23-55-21-20-49(34)42(54)36(25(3)4)47-39(51)30-13-14-30/h7-10,15-18,22,24-25,29-30,33-36H,5-6,11-14,19-21,23H2,1-4H3,(H,43,45)(H,44,52)(H,46,50)(H,47,51)/t33-,34-,35+,36+/m0/s1. The number of nitrogens with one attached hydrogen (secondary N) is 4. The van der Waals surface area contributed by atoms with E-state index in [1.54, 1.807) is 16.0 Å². The van der Waals surface area contributed by atoms with Gasteiger partial charge >= 0.3 is 0 Å². The van der Waals surface area contributed by atoms with Crippen LogP contribution in [0.1, 0.15) is 78.1 Å². The molecular weight excluding hydrogens is 699 g/mol. The van der Waals surface area contributed by atoms with Crippen molar-refractivity contribution in [1.29, 1.82) is 0 Å². The lowest BCUT2D eigenvalue weighted by atomic mass is 10.0. The lowest BCUT2D eigenvalue weighted by Crippen LogP contribution is -2.55. The van der Waals surface area contributed by atoms with Crippen molar-refractivity contribution in [3.63, 3.8) is 0 Å². The van der Waals surface area contributed by atoms with Crippen molar-refractivity contribution in [2.75, 3.05) is 31.6 Å². The van der Waals surface area contributed by atoms with Crippen LogP contribution in [0.15, 0.2) is 54.7 Å². The van der Waals surface area contributed by atoms with Gasteiger partial charge in [-0.2, -0.15) is 0 Å². The SMILES string of the molecule is CC(C)[C@@H](NC(=O)C1CC1)C(=O)N1CCC[C@H]1C(=O)Nc1ccc(-c2ccc(-c3cnc([C@@H]4COCCN4C(=O)[C@H](NC(=O)C4CC4)C(C)C)[nH]3)cc2)cc1. The Morgan fingerprint density at radius 2 is 1.25 bits per heavy atom. The van der Waals surface area contributed by atoms with Gasteiger partial charge in [0.2, 0.25) is 29.5 Å². The van der Waals surface area contributed by atoms with Gasteiger partial charge in [0.15, 0.2) is 0 Å². The van der Waals surface area contributed by atoms with E-state index in [0.29, 0.717) is 44.2 Å². The second-order valence-electron chi connectivity index (χ2n) is 16.1. The van der Waals surface area contributed by atoms with Gasteiger partial charge in [-0.25, -0.2) is 4.98 Å². The van der Waals surface area contributed by atoms with Gasteiger partial charge in [-0.1, -0.05) is 64.1 Å². The zero-order valence-electron chi connectivity index (χ0n) is 32.2. The number of carbonyl (C=O) groups is 5. The lowest BCUT2D eigenvalue weighted by molar-refractivity contribution is -0.146. The molecule has 0 spiro atoms. The minimum Gasteiger partial charge on any atom is -0.377 e. The third-order valence-electron chi connectivity index (χ3n) is 11.2. The summed E-state index contributed by atoms with van der Waals surface area (Å²) < 4.78 is 5.78. The molecule has 13 heteroatoms. The summed E-state index contributed by atoms with van der Waals surface area (Å²) in [5, 5.41) is 8.93. The molecule has 4 atom stereocenters. The first-order valence-electron chi connectivity index (χ1n) is 19.8. The van der Waals surface area contributed by atoms with Gasteiger partial charge in [-0.3, -0.25) is 24.0 Å². The Kier molecular flexibility index (Phi) is 11.4. The molecule has 2 aliphatic heterocycles. The van der Waals surface area contributed by atoms with Crippen molar-refractivity contribution < 1.29 is 28.7 Å². The minimum absolute atomic E-state index is 0.00283. The topological polar surface area (TPSA) is 166 Å². The molecule has 5 amide bonds. The molecule has 2 aromatic carbocycles. The van der Waals surface area contributed by atoms with E-state index >= 15 is 0 Å². The molecule has 0 bridgehead atoms. The van der Waals surface area contributed by atoms with E-state index in [-0.39, 0.29) is 53.2 Å². The van der Waals surface area contributed by atoms with Crippen LogP contribution in [0.3, 0.4) is 0 Å². The van der Waals surface area contributed by atoms with Gasteiger partial charge in [0.1, 0.15) is 30.0 Å². The second-order valence-corrected chi connectivity index (χ2v) is 16.1. The Bertz CT molecular complexity index is 1880. The highest BCUT2D eigenvalue weighted by Gasteiger charge is 2.41. The van der Waals surface area contributed by atoms with Gasteiger partial charge in [0, 0.05) is 30.6 Å². The lowest BCUT2D eigenvalue weighted by Gasteiger charge is -2.37. The summed E-state index contributed by atoms with van der Waals surface area (Å²) in [6, 6.07) is 13.4. The maximum absolute atomic E-state index is 13.8. The molecule has 2 saturated heterocycles. The molecule has 292 valence electrons. The maximum Gasteiger partial charge on any atom is 0.247 e. The zero-order chi connectivity index (χ0) is 38.8. The third kappa shape index (κ3) is 8.77. The van der Waals surface area contributed by atoms with E-state index in [1.807, 2.05) is 76.2 Å². The predicted octanol–water partition coefficient (Wildman–Crippen LogP) is 4.67. The first-order valence-corrected chi connectivity index (χ1v) is 19.8. The largest absolute Gasteiger partial charge is 0.377 e. The summed E-state index contributed by atoms with van der Waals surface area (Å²) in [5.74, 6) is -0.160. The van der Waals surface area contributed by atoms with E-state index < -0.39 is 24.2 Å². The first-order chi connectivity index (χ1) is 26.5. The smallest absolute Gasteiger partial charge is 0.247 e. The summed E-state index contributed by atoms with van der Waals surface area (Å²) in [6.07, 6.45) is 6.55. The van der Waals surface area contributed by atoms with Gasteiger partial charge < -0.3 is 35.5 Å². The van der Waals surface area contributed by atoms with Crippen LogP contribution in [0.5, 0.6) is 0 Å². The fraction of sp³-hybridized carbons (Fsp3) is 0.524. The number of ether oxygens (including phenoxy) is 1. The van der Waals surface area contributed by atoms with Crippen molar-refractivity contribution in [2.24, 2.45) is 23.7 Å². The molecule has 0 radical (unpaired) electrons.